The second-order valence-electron chi connectivity index (χ2n) is 6.27. The lowest BCUT2D eigenvalue weighted by molar-refractivity contribution is 0.383. The fraction of sp³-hybridized carbons (Fsp3) is 0.938. The van der Waals surface area contributed by atoms with Crippen LogP contribution in [0.15, 0.2) is 0 Å². The topological polar surface area (TPSA) is 0 Å². The Morgan fingerprint density at radius 2 is 1.50 bits per heavy atom. The molecule has 0 saturated heterocycles. The van der Waals surface area contributed by atoms with E-state index >= 15 is 0 Å². The summed E-state index contributed by atoms with van der Waals surface area (Å²) in [6.45, 7) is 14.1. The van der Waals surface area contributed by atoms with Crippen molar-refractivity contribution in [2.75, 3.05) is 0 Å². The molecule has 1 radical (unpaired) electrons. The zero-order valence-electron chi connectivity index (χ0n) is 12.4. The van der Waals surface area contributed by atoms with E-state index in [1.807, 2.05) is 0 Å². The molecule has 0 heteroatoms. The van der Waals surface area contributed by atoms with E-state index in [9.17, 15) is 0 Å². The predicted octanol–water partition coefficient (Wildman–Crippen LogP) is 5.73. The summed E-state index contributed by atoms with van der Waals surface area (Å²) in [5, 5.41) is 0. The van der Waals surface area contributed by atoms with E-state index in [0.717, 1.165) is 23.7 Å². The first-order chi connectivity index (χ1) is 7.45. The van der Waals surface area contributed by atoms with Gasteiger partial charge in [-0.25, -0.2) is 0 Å². The Bertz CT molecular complexity index is 148. The van der Waals surface area contributed by atoms with Crippen LogP contribution in [0.5, 0.6) is 0 Å². The molecule has 0 spiro atoms. The molecular weight excluding hydrogens is 192 g/mol. The van der Waals surface area contributed by atoms with Crippen molar-refractivity contribution in [3.63, 3.8) is 0 Å². The van der Waals surface area contributed by atoms with E-state index < -0.39 is 0 Å². The highest BCUT2D eigenvalue weighted by atomic mass is 14.2. The van der Waals surface area contributed by atoms with E-state index in [1.165, 1.54) is 32.1 Å². The van der Waals surface area contributed by atoms with Crippen molar-refractivity contribution >= 4 is 0 Å². The highest BCUT2D eigenvalue weighted by molar-refractivity contribution is 4.76. The molecule has 0 fully saturated rings. The molecule has 97 valence electrons. The summed E-state index contributed by atoms with van der Waals surface area (Å²) in [6.07, 6.45) is 9.32. The summed E-state index contributed by atoms with van der Waals surface area (Å²) in [5.41, 5.74) is 0. The van der Waals surface area contributed by atoms with Crippen molar-refractivity contribution in [3.05, 3.63) is 6.42 Å². The molecule has 0 bridgehead atoms. The van der Waals surface area contributed by atoms with Gasteiger partial charge in [0.1, 0.15) is 0 Å². The van der Waals surface area contributed by atoms with Gasteiger partial charge in [-0.05, 0) is 42.9 Å². The predicted molar refractivity (Wildman–Crippen MR) is 75.4 cm³/mol. The van der Waals surface area contributed by atoms with Crippen LogP contribution in [0.4, 0.5) is 0 Å². The summed E-state index contributed by atoms with van der Waals surface area (Å²) < 4.78 is 0. The fourth-order valence-corrected chi connectivity index (χ4v) is 2.13. The lowest BCUT2D eigenvalue weighted by Crippen LogP contribution is -2.06. The second-order valence-corrected chi connectivity index (χ2v) is 6.27. The van der Waals surface area contributed by atoms with Crippen molar-refractivity contribution in [3.8, 4) is 0 Å². The van der Waals surface area contributed by atoms with Gasteiger partial charge in [0, 0.05) is 0 Å². The number of rotatable bonds is 9. The first kappa shape index (κ1) is 16.0. The average Bonchev–Trinajstić information content (AvgIpc) is 2.23. The van der Waals surface area contributed by atoms with Crippen LogP contribution in [0.2, 0.25) is 0 Å². The van der Waals surface area contributed by atoms with Gasteiger partial charge in [-0.3, -0.25) is 0 Å². The van der Waals surface area contributed by atoms with Gasteiger partial charge in [-0.2, -0.15) is 0 Å². The van der Waals surface area contributed by atoms with Crippen LogP contribution in [-0.2, 0) is 0 Å². The molecule has 0 rings (SSSR count). The molecule has 0 aromatic carbocycles. The molecule has 0 N–H and O–H groups in total. The van der Waals surface area contributed by atoms with Crippen molar-refractivity contribution in [2.24, 2.45) is 23.7 Å². The fourth-order valence-electron chi connectivity index (χ4n) is 2.13. The quantitative estimate of drug-likeness (QED) is 0.470. The molecule has 16 heavy (non-hydrogen) atoms. The highest BCUT2D eigenvalue weighted by Crippen LogP contribution is 2.22. The smallest absolute Gasteiger partial charge is 0.0355 e. The van der Waals surface area contributed by atoms with Crippen LogP contribution in [0.25, 0.3) is 0 Å². The first-order valence-electron chi connectivity index (χ1n) is 7.28. The van der Waals surface area contributed by atoms with Gasteiger partial charge in [-0.15, -0.1) is 0 Å². The summed E-state index contributed by atoms with van der Waals surface area (Å²) in [6, 6.07) is 0. The molecular formula is C16H33. The average molecular weight is 225 g/mol. The zero-order valence-corrected chi connectivity index (χ0v) is 12.4. The molecule has 0 aromatic heterocycles. The van der Waals surface area contributed by atoms with E-state index in [2.05, 4.69) is 48.0 Å². The minimum Gasteiger partial charge on any atom is -0.0651 e. The summed E-state index contributed by atoms with van der Waals surface area (Å²) in [7, 11) is 0. The van der Waals surface area contributed by atoms with E-state index in [-0.39, 0.29) is 0 Å². The van der Waals surface area contributed by atoms with Gasteiger partial charge in [0.25, 0.3) is 0 Å². The minimum atomic E-state index is 0.807. The molecule has 0 amide bonds. The SMILES string of the molecule is CCC(C)CC(C)C[CH]C(C)CCC(C)C. The summed E-state index contributed by atoms with van der Waals surface area (Å²) in [4.78, 5) is 0. The van der Waals surface area contributed by atoms with Crippen molar-refractivity contribution in [1.29, 1.82) is 0 Å². The minimum absolute atomic E-state index is 0.807. The third kappa shape index (κ3) is 9.24. The molecule has 0 aromatic rings. The number of hydrogen-bond donors (Lipinski definition) is 0. The Morgan fingerprint density at radius 3 is 2.00 bits per heavy atom. The maximum Gasteiger partial charge on any atom is -0.0355 e. The van der Waals surface area contributed by atoms with E-state index in [0.29, 0.717) is 0 Å². The molecule has 0 aliphatic heterocycles. The molecule has 0 aliphatic carbocycles. The third-order valence-corrected chi connectivity index (χ3v) is 3.64. The largest absolute Gasteiger partial charge is 0.0651 e. The standard InChI is InChI=1S/C16H33/c1-7-14(4)12-16(6)11-10-15(5)9-8-13(2)3/h10,13-16H,7-9,11-12H2,1-6H3. The maximum atomic E-state index is 2.55. The lowest BCUT2D eigenvalue weighted by atomic mass is 9.88. The van der Waals surface area contributed by atoms with Gasteiger partial charge in [-0.1, -0.05) is 60.8 Å². The Morgan fingerprint density at radius 1 is 0.875 bits per heavy atom. The third-order valence-electron chi connectivity index (χ3n) is 3.64. The Balaban J connectivity index is 3.54. The van der Waals surface area contributed by atoms with Crippen molar-refractivity contribution in [2.45, 2.75) is 73.6 Å². The van der Waals surface area contributed by atoms with Crippen LogP contribution in [0.1, 0.15) is 73.6 Å². The van der Waals surface area contributed by atoms with Crippen LogP contribution >= 0.6 is 0 Å². The van der Waals surface area contributed by atoms with Crippen LogP contribution in [0, 0.1) is 30.1 Å². The second kappa shape index (κ2) is 9.07. The molecule has 3 unspecified atom stereocenters. The van der Waals surface area contributed by atoms with Gasteiger partial charge in [0.15, 0.2) is 0 Å². The van der Waals surface area contributed by atoms with E-state index in [4.69, 9.17) is 0 Å². The molecule has 0 nitrogen and oxygen atoms in total. The van der Waals surface area contributed by atoms with Crippen LogP contribution < -0.4 is 0 Å². The van der Waals surface area contributed by atoms with Gasteiger partial charge in [0.2, 0.25) is 0 Å². The monoisotopic (exact) mass is 225 g/mol. The molecule has 0 heterocycles. The number of hydrogen-bond acceptors (Lipinski definition) is 0. The Hall–Kier alpha value is 0. The summed E-state index contributed by atoms with van der Waals surface area (Å²) >= 11 is 0. The lowest BCUT2D eigenvalue weighted by Gasteiger charge is -2.18. The van der Waals surface area contributed by atoms with Gasteiger partial charge >= 0.3 is 0 Å². The van der Waals surface area contributed by atoms with Gasteiger partial charge in [0.05, 0.1) is 0 Å². The zero-order chi connectivity index (χ0) is 12.6. The van der Waals surface area contributed by atoms with Crippen LogP contribution in [0.3, 0.4) is 0 Å². The first-order valence-corrected chi connectivity index (χ1v) is 7.28. The maximum absolute atomic E-state index is 2.55. The normalized spacial score (nSPS) is 17.4. The van der Waals surface area contributed by atoms with Crippen LogP contribution in [-0.4, -0.2) is 0 Å². The molecule has 0 aliphatic rings. The van der Waals surface area contributed by atoms with Gasteiger partial charge < -0.3 is 0 Å². The highest BCUT2D eigenvalue weighted by Gasteiger charge is 2.10. The summed E-state index contributed by atoms with van der Waals surface area (Å²) in [5.74, 6) is 3.43. The van der Waals surface area contributed by atoms with Crippen molar-refractivity contribution < 1.29 is 0 Å². The Kier molecular flexibility index (Phi) is 9.07. The van der Waals surface area contributed by atoms with E-state index in [1.54, 1.807) is 0 Å². The molecule has 0 saturated carbocycles. The Labute approximate surface area is 104 Å². The van der Waals surface area contributed by atoms with Crippen molar-refractivity contribution in [1.82, 2.24) is 0 Å². The molecule has 3 atom stereocenters.